The van der Waals surface area contributed by atoms with E-state index in [-0.39, 0.29) is 10.8 Å². The maximum absolute atomic E-state index is 11.5. The van der Waals surface area contributed by atoms with E-state index >= 15 is 0 Å². The third-order valence-electron chi connectivity index (χ3n) is 6.04. The maximum Gasteiger partial charge on any atom is 0.0746 e. The first kappa shape index (κ1) is 15.3. The van der Waals surface area contributed by atoms with Crippen molar-refractivity contribution in [1.29, 1.82) is 0 Å². The molecule has 0 aromatic heterocycles. The monoisotopic (exact) mass is 267 g/mol. The highest BCUT2D eigenvalue weighted by atomic mass is 16.3. The van der Waals surface area contributed by atoms with E-state index in [1.807, 2.05) is 0 Å². The molecule has 0 aliphatic heterocycles. The highest BCUT2D eigenvalue weighted by Crippen LogP contribution is 2.58. The number of hydrogen-bond acceptors (Lipinski definition) is 2. The summed E-state index contributed by atoms with van der Waals surface area (Å²) >= 11 is 0. The molecule has 112 valence electrons. The lowest BCUT2D eigenvalue weighted by atomic mass is 9.61. The number of aliphatic hydroxyl groups is 1. The van der Waals surface area contributed by atoms with Crippen LogP contribution in [-0.4, -0.2) is 17.3 Å². The number of rotatable bonds is 2. The lowest BCUT2D eigenvalue weighted by molar-refractivity contribution is -0.119. The van der Waals surface area contributed by atoms with E-state index in [2.05, 4.69) is 20.8 Å². The van der Waals surface area contributed by atoms with Crippen LogP contribution in [0.25, 0.3) is 0 Å². The summed E-state index contributed by atoms with van der Waals surface area (Å²) in [5.41, 5.74) is 5.91. The fourth-order valence-electron chi connectivity index (χ4n) is 5.08. The standard InChI is InChI=1S/C17H33NO/c1-14-11-15(2,3)12-17(14,19)16(13-18)9-7-5-4-6-8-10-16/h14,19H,4-13,18H2,1-3H3. The Balaban J connectivity index is 2.27. The molecule has 2 atom stereocenters. The van der Waals surface area contributed by atoms with Crippen molar-refractivity contribution in [2.24, 2.45) is 22.5 Å². The van der Waals surface area contributed by atoms with Gasteiger partial charge in [-0.2, -0.15) is 0 Å². The van der Waals surface area contributed by atoms with Crippen molar-refractivity contribution in [2.75, 3.05) is 6.54 Å². The Morgan fingerprint density at radius 3 is 2.00 bits per heavy atom. The van der Waals surface area contributed by atoms with Crippen LogP contribution >= 0.6 is 0 Å². The molecule has 0 radical (unpaired) electrons. The maximum atomic E-state index is 11.5. The first-order valence-electron chi connectivity index (χ1n) is 8.28. The molecule has 2 nitrogen and oxygen atoms in total. The summed E-state index contributed by atoms with van der Waals surface area (Å²) in [4.78, 5) is 0. The zero-order chi connectivity index (χ0) is 14.1. The van der Waals surface area contributed by atoms with Gasteiger partial charge in [-0.05, 0) is 37.0 Å². The average molecular weight is 267 g/mol. The number of hydrogen-bond donors (Lipinski definition) is 2. The first-order chi connectivity index (χ1) is 8.85. The second-order valence-electron chi connectivity index (χ2n) is 8.12. The molecule has 0 amide bonds. The van der Waals surface area contributed by atoms with Gasteiger partial charge in [-0.25, -0.2) is 0 Å². The average Bonchev–Trinajstić information content (AvgIpc) is 2.48. The molecular formula is C17H33NO. The highest BCUT2D eigenvalue weighted by Gasteiger charge is 2.58. The van der Waals surface area contributed by atoms with Crippen molar-refractivity contribution in [3.8, 4) is 0 Å². The van der Waals surface area contributed by atoms with Crippen LogP contribution in [0.15, 0.2) is 0 Å². The summed E-state index contributed by atoms with van der Waals surface area (Å²) in [5, 5.41) is 11.5. The van der Waals surface area contributed by atoms with Crippen LogP contribution in [0.4, 0.5) is 0 Å². The number of nitrogens with two attached hydrogens (primary N) is 1. The molecule has 2 aliphatic carbocycles. The molecule has 0 aromatic rings. The third kappa shape index (κ3) is 2.71. The molecule has 2 fully saturated rings. The van der Waals surface area contributed by atoms with E-state index in [0.29, 0.717) is 12.5 Å². The van der Waals surface area contributed by atoms with Crippen molar-refractivity contribution >= 4 is 0 Å². The van der Waals surface area contributed by atoms with Crippen LogP contribution in [0.5, 0.6) is 0 Å². The molecule has 2 saturated carbocycles. The van der Waals surface area contributed by atoms with Crippen molar-refractivity contribution in [3.05, 3.63) is 0 Å². The van der Waals surface area contributed by atoms with Gasteiger partial charge in [-0.1, -0.05) is 52.9 Å². The molecule has 0 spiro atoms. The topological polar surface area (TPSA) is 46.2 Å². The van der Waals surface area contributed by atoms with E-state index in [9.17, 15) is 5.11 Å². The van der Waals surface area contributed by atoms with Crippen LogP contribution in [-0.2, 0) is 0 Å². The van der Waals surface area contributed by atoms with Crippen LogP contribution < -0.4 is 5.73 Å². The Labute approximate surface area is 119 Å². The lowest BCUT2D eigenvalue weighted by Gasteiger charge is -2.49. The smallest absolute Gasteiger partial charge is 0.0746 e. The van der Waals surface area contributed by atoms with Crippen molar-refractivity contribution < 1.29 is 5.11 Å². The summed E-state index contributed by atoms with van der Waals surface area (Å²) in [5.74, 6) is 0.380. The molecule has 2 unspecified atom stereocenters. The SMILES string of the molecule is CC1CC(C)(C)CC1(O)C1(CN)CCCCCCC1. The molecule has 3 N–H and O–H groups in total. The van der Waals surface area contributed by atoms with Gasteiger partial charge in [0, 0.05) is 12.0 Å². The Bertz CT molecular complexity index is 304. The third-order valence-corrected chi connectivity index (χ3v) is 6.04. The van der Waals surface area contributed by atoms with Crippen LogP contribution in [0, 0.1) is 16.7 Å². The van der Waals surface area contributed by atoms with Gasteiger partial charge in [0.2, 0.25) is 0 Å². The molecule has 0 aromatic carbocycles. The largest absolute Gasteiger partial charge is 0.389 e. The minimum Gasteiger partial charge on any atom is -0.389 e. The zero-order valence-corrected chi connectivity index (χ0v) is 13.2. The highest BCUT2D eigenvalue weighted by molar-refractivity contribution is 5.09. The summed E-state index contributed by atoms with van der Waals surface area (Å²) < 4.78 is 0. The van der Waals surface area contributed by atoms with Crippen LogP contribution in [0.3, 0.4) is 0 Å². The molecular weight excluding hydrogens is 234 g/mol. The molecule has 0 saturated heterocycles. The summed E-state index contributed by atoms with van der Waals surface area (Å²) in [6, 6.07) is 0. The summed E-state index contributed by atoms with van der Waals surface area (Å²) in [6.45, 7) is 7.50. The van der Waals surface area contributed by atoms with Gasteiger partial charge in [0.1, 0.15) is 0 Å². The van der Waals surface area contributed by atoms with E-state index in [1.165, 1.54) is 32.1 Å². The van der Waals surface area contributed by atoms with Gasteiger partial charge < -0.3 is 10.8 Å². The first-order valence-corrected chi connectivity index (χ1v) is 8.28. The predicted octanol–water partition coefficient (Wildman–Crippen LogP) is 3.86. The molecule has 2 rings (SSSR count). The quantitative estimate of drug-likeness (QED) is 0.798. The summed E-state index contributed by atoms with van der Waals surface area (Å²) in [6.07, 6.45) is 10.8. The second-order valence-corrected chi connectivity index (χ2v) is 8.12. The van der Waals surface area contributed by atoms with Gasteiger partial charge in [-0.3, -0.25) is 0 Å². The van der Waals surface area contributed by atoms with Gasteiger partial charge in [-0.15, -0.1) is 0 Å². The Hall–Kier alpha value is -0.0800. The van der Waals surface area contributed by atoms with E-state index in [4.69, 9.17) is 5.73 Å². The summed E-state index contributed by atoms with van der Waals surface area (Å²) in [7, 11) is 0. The minimum atomic E-state index is -0.539. The lowest BCUT2D eigenvalue weighted by Crippen LogP contribution is -2.55. The van der Waals surface area contributed by atoms with Gasteiger partial charge in [0.25, 0.3) is 0 Å². The predicted molar refractivity (Wildman–Crippen MR) is 80.9 cm³/mol. The van der Waals surface area contributed by atoms with E-state index in [1.54, 1.807) is 0 Å². The molecule has 0 heterocycles. The second kappa shape index (κ2) is 5.37. The van der Waals surface area contributed by atoms with Crippen molar-refractivity contribution in [3.63, 3.8) is 0 Å². The molecule has 19 heavy (non-hydrogen) atoms. The van der Waals surface area contributed by atoms with Crippen LogP contribution in [0.1, 0.15) is 78.6 Å². The minimum absolute atomic E-state index is 0.0272. The fourth-order valence-corrected chi connectivity index (χ4v) is 5.08. The van der Waals surface area contributed by atoms with Gasteiger partial charge in [0.05, 0.1) is 5.60 Å². The van der Waals surface area contributed by atoms with E-state index in [0.717, 1.165) is 25.7 Å². The van der Waals surface area contributed by atoms with Gasteiger partial charge >= 0.3 is 0 Å². The van der Waals surface area contributed by atoms with Crippen LogP contribution in [0.2, 0.25) is 0 Å². The molecule has 2 aliphatic rings. The zero-order valence-electron chi connectivity index (χ0n) is 13.2. The molecule has 2 heteroatoms. The molecule has 0 bridgehead atoms. The van der Waals surface area contributed by atoms with Crippen molar-refractivity contribution in [2.45, 2.75) is 84.2 Å². The Morgan fingerprint density at radius 1 is 1.05 bits per heavy atom. The van der Waals surface area contributed by atoms with Crippen molar-refractivity contribution in [1.82, 2.24) is 0 Å². The fraction of sp³-hybridized carbons (Fsp3) is 1.00. The van der Waals surface area contributed by atoms with E-state index < -0.39 is 5.60 Å². The Kier molecular flexibility index (Phi) is 4.32. The normalized spacial score (nSPS) is 38.7. The Morgan fingerprint density at radius 2 is 1.58 bits per heavy atom. The van der Waals surface area contributed by atoms with Gasteiger partial charge in [0.15, 0.2) is 0 Å².